The number of ether oxygens (including phenoxy) is 2. The molecule has 36 heavy (non-hydrogen) atoms. The van der Waals surface area contributed by atoms with Gasteiger partial charge in [0.05, 0.1) is 19.0 Å². The molecule has 16 heteroatoms. The molecule has 13 nitrogen and oxygen atoms in total. The third kappa shape index (κ3) is 5.59. The number of nitrogens with two attached hydrogens (primary N) is 1. The van der Waals surface area contributed by atoms with Crippen molar-refractivity contribution in [1.82, 2.24) is 24.6 Å². The first-order chi connectivity index (χ1) is 16.7. The highest BCUT2D eigenvalue weighted by Crippen LogP contribution is 2.50. The van der Waals surface area contributed by atoms with Crippen molar-refractivity contribution in [2.75, 3.05) is 31.3 Å². The average Bonchev–Trinajstić information content (AvgIpc) is 3.30. The van der Waals surface area contributed by atoms with Crippen LogP contribution in [-0.2, 0) is 23.4 Å². The van der Waals surface area contributed by atoms with E-state index in [0.717, 1.165) is 0 Å². The second-order valence-corrected chi connectivity index (χ2v) is 11.8. The summed E-state index contributed by atoms with van der Waals surface area (Å²) in [6.45, 7) is 0.268. The summed E-state index contributed by atoms with van der Waals surface area (Å²) in [6, 6.07) is -1.02. The third-order valence-electron chi connectivity index (χ3n) is 5.24. The van der Waals surface area contributed by atoms with Crippen LogP contribution in [-0.4, -0.2) is 81.3 Å². The molecule has 1 aliphatic rings. The number of anilines is 2. The number of rotatable bonds is 9. The SMILES string of the molecule is C#C[C@@]1(F)[C@H](O)[C@@H](COP(=O)(S)N[C@@H](C)C(=O)OC(C)C)O[C@H]1n1cnc2c(N(C)C)nc(N)nc21. The molecule has 1 unspecified atom stereocenters. The number of aliphatic hydroxyl groups is 1. The Bertz CT molecular complexity index is 1220. The normalized spacial score (nSPS) is 26.5. The highest BCUT2D eigenvalue weighted by molar-refractivity contribution is 8.45. The molecular formula is C20H29FN7O6PS. The quantitative estimate of drug-likeness (QED) is 0.153. The zero-order chi connectivity index (χ0) is 27.0. The molecule has 0 saturated carbocycles. The number of nitrogens with zero attached hydrogens (tertiary/aromatic N) is 5. The van der Waals surface area contributed by atoms with E-state index in [1.165, 1.54) is 17.8 Å². The molecule has 0 radical (unpaired) electrons. The topological polar surface area (TPSA) is 167 Å². The van der Waals surface area contributed by atoms with Gasteiger partial charge in [-0.05, 0) is 20.8 Å². The van der Waals surface area contributed by atoms with Gasteiger partial charge in [0.25, 0.3) is 0 Å². The fraction of sp³-hybridized carbons (Fsp3) is 0.600. The first kappa shape index (κ1) is 28.1. The van der Waals surface area contributed by atoms with E-state index in [2.05, 4.69) is 32.3 Å². The molecule has 1 fully saturated rings. The van der Waals surface area contributed by atoms with Crippen molar-refractivity contribution in [1.29, 1.82) is 0 Å². The first-order valence-corrected chi connectivity index (χ1v) is 13.6. The number of esters is 1. The van der Waals surface area contributed by atoms with Crippen LogP contribution in [0.4, 0.5) is 16.2 Å². The molecule has 198 valence electrons. The number of halogens is 1. The minimum atomic E-state index is -3.90. The Hall–Kier alpha value is -2.47. The van der Waals surface area contributed by atoms with Crippen molar-refractivity contribution < 1.29 is 32.9 Å². The van der Waals surface area contributed by atoms with Gasteiger partial charge in [0.2, 0.25) is 11.6 Å². The predicted molar refractivity (Wildman–Crippen MR) is 133 cm³/mol. The molecule has 1 aliphatic heterocycles. The van der Waals surface area contributed by atoms with E-state index in [-0.39, 0.29) is 17.7 Å². The van der Waals surface area contributed by atoms with Crippen LogP contribution in [0.2, 0.25) is 0 Å². The lowest BCUT2D eigenvalue weighted by atomic mass is 9.97. The molecule has 1 saturated heterocycles. The zero-order valence-corrected chi connectivity index (χ0v) is 22.1. The fourth-order valence-electron chi connectivity index (χ4n) is 3.56. The minimum absolute atomic E-state index is 0.0938. The summed E-state index contributed by atoms with van der Waals surface area (Å²) >= 11 is 3.94. The number of thiol groups is 1. The Kier molecular flexibility index (Phi) is 8.19. The smallest absolute Gasteiger partial charge is 0.324 e. The van der Waals surface area contributed by atoms with Crippen LogP contribution in [0.15, 0.2) is 6.33 Å². The number of aliphatic hydroxyl groups excluding tert-OH is 1. The number of nitrogens with one attached hydrogen (secondary N) is 1. The Morgan fingerprint density at radius 1 is 1.50 bits per heavy atom. The lowest BCUT2D eigenvalue weighted by molar-refractivity contribution is -0.149. The maximum atomic E-state index is 15.9. The second kappa shape index (κ2) is 10.5. The third-order valence-corrected chi connectivity index (χ3v) is 7.14. The maximum absolute atomic E-state index is 15.9. The number of terminal acetylenes is 1. The van der Waals surface area contributed by atoms with Gasteiger partial charge in [-0.3, -0.25) is 13.9 Å². The lowest BCUT2D eigenvalue weighted by Crippen LogP contribution is -2.42. The van der Waals surface area contributed by atoms with Gasteiger partial charge in [-0.2, -0.15) is 9.97 Å². The number of carbonyl (C=O) groups excluding carboxylic acids is 1. The van der Waals surface area contributed by atoms with E-state index < -0.39 is 49.4 Å². The molecule has 3 heterocycles. The lowest BCUT2D eigenvalue weighted by Gasteiger charge is -2.24. The van der Waals surface area contributed by atoms with Crippen molar-refractivity contribution in [3.05, 3.63) is 6.33 Å². The van der Waals surface area contributed by atoms with Gasteiger partial charge in [-0.15, -0.1) is 6.42 Å². The molecule has 0 amide bonds. The van der Waals surface area contributed by atoms with Crippen molar-refractivity contribution >= 4 is 47.9 Å². The summed E-state index contributed by atoms with van der Waals surface area (Å²) in [6.07, 6.45) is 1.50. The zero-order valence-electron chi connectivity index (χ0n) is 20.3. The van der Waals surface area contributed by atoms with Crippen molar-refractivity contribution in [3.8, 4) is 12.3 Å². The van der Waals surface area contributed by atoms with Gasteiger partial charge in [-0.1, -0.05) is 18.2 Å². The molecule has 2 aromatic rings. The van der Waals surface area contributed by atoms with Crippen LogP contribution < -0.4 is 15.7 Å². The Labute approximate surface area is 212 Å². The second-order valence-electron chi connectivity index (χ2n) is 8.66. The molecule has 0 aliphatic carbocycles. The van der Waals surface area contributed by atoms with Crippen LogP contribution >= 0.6 is 19.0 Å². The summed E-state index contributed by atoms with van der Waals surface area (Å²) in [5.74, 6) is 1.56. The number of alkyl halides is 1. The van der Waals surface area contributed by atoms with Crippen LogP contribution in [0.25, 0.3) is 11.2 Å². The van der Waals surface area contributed by atoms with Crippen molar-refractivity contribution in [2.24, 2.45) is 0 Å². The van der Waals surface area contributed by atoms with Crippen molar-refractivity contribution in [2.45, 2.75) is 57.0 Å². The largest absolute Gasteiger partial charge is 0.462 e. The first-order valence-electron chi connectivity index (χ1n) is 10.8. The van der Waals surface area contributed by atoms with Gasteiger partial charge < -0.3 is 29.7 Å². The van der Waals surface area contributed by atoms with Gasteiger partial charge in [-0.25, -0.2) is 14.5 Å². The van der Waals surface area contributed by atoms with E-state index in [1.54, 1.807) is 32.8 Å². The van der Waals surface area contributed by atoms with E-state index in [9.17, 15) is 14.5 Å². The van der Waals surface area contributed by atoms with Crippen molar-refractivity contribution in [3.63, 3.8) is 0 Å². The van der Waals surface area contributed by atoms with Gasteiger partial charge >= 0.3 is 12.7 Å². The van der Waals surface area contributed by atoms with Crippen LogP contribution in [0.3, 0.4) is 0 Å². The Morgan fingerprint density at radius 2 is 2.17 bits per heavy atom. The van der Waals surface area contributed by atoms with Crippen LogP contribution in [0.5, 0.6) is 0 Å². The number of aromatic nitrogens is 4. The van der Waals surface area contributed by atoms with Gasteiger partial charge in [0.1, 0.15) is 18.2 Å². The van der Waals surface area contributed by atoms with Crippen LogP contribution in [0.1, 0.15) is 27.0 Å². The highest BCUT2D eigenvalue weighted by atomic mass is 32.7. The van der Waals surface area contributed by atoms with Gasteiger partial charge in [0.15, 0.2) is 23.2 Å². The summed E-state index contributed by atoms with van der Waals surface area (Å²) in [5, 5.41) is 13.1. The van der Waals surface area contributed by atoms with Gasteiger partial charge in [0, 0.05) is 14.1 Å². The molecule has 4 N–H and O–H groups in total. The number of imidazole rings is 1. The number of fused-ring (bicyclic) bond motifs is 1. The predicted octanol–water partition coefficient (Wildman–Crippen LogP) is 1.06. The minimum Gasteiger partial charge on any atom is -0.462 e. The average molecular weight is 546 g/mol. The molecular weight excluding hydrogens is 516 g/mol. The van der Waals surface area contributed by atoms with E-state index in [0.29, 0.717) is 11.3 Å². The monoisotopic (exact) mass is 545 g/mol. The van der Waals surface area contributed by atoms with Crippen LogP contribution in [0, 0.1) is 12.3 Å². The number of carbonyl (C=O) groups is 1. The highest BCUT2D eigenvalue weighted by Gasteiger charge is 2.58. The van der Waals surface area contributed by atoms with E-state index in [1.807, 2.05) is 5.92 Å². The summed E-state index contributed by atoms with van der Waals surface area (Å²) in [7, 11) is 3.44. The number of nitrogen functional groups attached to an aromatic ring is 1. The van der Waals surface area contributed by atoms with E-state index >= 15 is 4.39 Å². The Balaban J connectivity index is 1.82. The summed E-state index contributed by atoms with van der Waals surface area (Å²) in [5.41, 5.74) is 3.51. The molecule has 3 rings (SSSR count). The molecule has 0 spiro atoms. The number of hydrogen-bond acceptors (Lipinski definition) is 11. The maximum Gasteiger partial charge on any atom is 0.324 e. The molecule has 6 atom stereocenters. The standard InChI is InChI=1S/C20H29FN7O6PS/c1-7-20(21)14(29)12(8-32-35(31,36)26-11(4)17(30)33-10(2)3)34-18(20)28-9-23-13-15(27(5)6)24-19(22)25-16(13)28/h1,9-12,14,18,29H,8H2,2-6H3,(H2,22,24,25)(H2,26,31,36)/t11-,12+,14+,18+,20+,35?/m0/s1. The summed E-state index contributed by atoms with van der Waals surface area (Å²) < 4.78 is 45.9. The number of hydrogen-bond donors (Lipinski definition) is 4. The fourth-order valence-corrected chi connectivity index (χ4v) is 5.29. The molecule has 2 aromatic heterocycles. The molecule has 0 aromatic carbocycles. The molecule has 0 bridgehead atoms. The summed E-state index contributed by atoms with van der Waals surface area (Å²) in [4.78, 5) is 26.1. The van der Waals surface area contributed by atoms with E-state index in [4.69, 9.17) is 26.2 Å². The Morgan fingerprint density at radius 3 is 2.75 bits per heavy atom.